The number of amides is 1. The summed E-state index contributed by atoms with van der Waals surface area (Å²) in [5, 5.41) is 9.15. The van der Waals surface area contributed by atoms with Crippen molar-refractivity contribution in [2.24, 2.45) is 5.41 Å². The first-order valence-corrected chi connectivity index (χ1v) is 7.27. The monoisotopic (exact) mass is 270 g/mol. The van der Waals surface area contributed by atoms with Gasteiger partial charge in [0.25, 0.3) is 0 Å². The maximum absolute atomic E-state index is 12.2. The van der Waals surface area contributed by atoms with Crippen LogP contribution in [-0.2, 0) is 9.59 Å². The molecule has 1 rings (SSSR count). The van der Waals surface area contributed by atoms with Crippen molar-refractivity contribution in [1.29, 1.82) is 0 Å². The molecule has 0 heterocycles. The minimum absolute atomic E-state index is 0.193. The number of nitrogens with zero attached hydrogens (tertiary/aromatic N) is 2. The van der Waals surface area contributed by atoms with E-state index in [1.54, 1.807) is 4.90 Å². The molecule has 19 heavy (non-hydrogen) atoms. The van der Waals surface area contributed by atoms with Gasteiger partial charge in [0.1, 0.15) is 5.41 Å². The molecule has 0 bridgehead atoms. The molecule has 0 saturated heterocycles. The summed E-state index contributed by atoms with van der Waals surface area (Å²) in [6, 6.07) is 0. The van der Waals surface area contributed by atoms with E-state index in [9.17, 15) is 9.59 Å². The normalized spacial score (nSPS) is 16.4. The van der Waals surface area contributed by atoms with Gasteiger partial charge in [-0.25, -0.2) is 0 Å². The molecule has 1 amide bonds. The molecule has 0 aliphatic heterocycles. The number of carboxylic acid groups (broad SMARTS) is 1. The van der Waals surface area contributed by atoms with Gasteiger partial charge in [0.2, 0.25) is 5.91 Å². The van der Waals surface area contributed by atoms with Gasteiger partial charge in [-0.15, -0.1) is 0 Å². The fourth-order valence-corrected chi connectivity index (χ4v) is 2.38. The smallest absolute Gasteiger partial charge is 0.319 e. The summed E-state index contributed by atoms with van der Waals surface area (Å²) >= 11 is 0. The van der Waals surface area contributed by atoms with Crippen LogP contribution in [0.5, 0.6) is 0 Å². The number of rotatable bonds is 9. The van der Waals surface area contributed by atoms with E-state index in [2.05, 4.69) is 18.7 Å². The summed E-state index contributed by atoms with van der Waals surface area (Å²) in [4.78, 5) is 27.4. The SMILES string of the molecule is CCN(CC)CCCN(CC)C(=O)C1(C(=O)O)CC1. The highest BCUT2D eigenvalue weighted by atomic mass is 16.4. The summed E-state index contributed by atoms with van der Waals surface area (Å²) in [7, 11) is 0. The van der Waals surface area contributed by atoms with Crippen molar-refractivity contribution in [3.05, 3.63) is 0 Å². The van der Waals surface area contributed by atoms with Crippen LogP contribution in [0.25, 0.3) is 0 Å². The standard InChI is InChI=1S/C14H26N2O3/c1-4-15(5-2)10-7-11-16(6-3)12(17)14(8-9-14)13(18)19/h4-11H2,1-3H3,(H,18,19). The van der Waals surface area contributed by atoms with Gasteiger partial charge in [0.15, 0.2) is 0 Å². The minimum Gasteiger partial charge on any atom is -0.480 e. The Bertz CT molecular complexity index is 323. The zero-order chi connectivity index (χ0) is 14.5. The van der Waals surface area contributed by atoms with Crippen molar-refractivity contribution < 1.29 is 14.7 Å². The summed E-state index contributed by atoms with van der Waals surface area (Å²) in [6.45, 7) is 10.4. The number of carbonyl (C=O) groups is 2. The van der Waals surface area contributed by atoms with Gasteiger partial charge in [-0.3, -0.25) is 9.59 Å². The third-order valence-electron chi connectivity index (χ3n) is 4.03. The molecule has 5 nitrogen and oxygen atoms in total. The van der Waals surface area contributed by atoms with Crippen molar-refractivity contribution >= 4 is 11.9 Å². The van der Waals surface area contributed by atoms with E-state index >= 15 is 0 Å². The van der Waals surface area contributed by atoms with Crippen molar-refractivity contribution in [2.75, 3.05) is 32.7 Å². The second kappa shape index (κ2) is 6.89. The molecular formula is C14H26N2O3. The van der Waals surface area contributed by atoms with Gasteiger partial charge in [0, 0.05) is 13.1 Å². The second-order valence-electron chi connectivity index (χ2n) is 5.15. The predicted octanol–water partition coefficient (Wildman–Crippen LogP) is 1.43. The molecule has 0 aromatic rings. The number of aliphatic carboxylic acids is 1. The molecule has 110 valence electrons. The first kappa shape index (κ1) is 16.0. The lowest BCUT2D eigenvalue weighted by Gasteiger charge is -2.26. The van der Waals surface area contributed by atoms with Crippen molar-refractivity contribution in [1.82, 2.24) is 9.80 Å². The Morgan fingerprint density at radius 2 is 1.63 bits per heavy atom. The Morgan fingerprint density at radius 3 is 2.00 bits per heavy atom. The highest BCUT2D eigenvalue weighted by Crippen LogP contribution is 2.47. The molecule has 1 saturated carbocycles. The summed E-state index contributed by atoms with van der Waals surface area (Å²) in [6.07, 6.45) is 1.89. The highest BCUT2D eigenvalue weighted by Gasteiger charge is 2.58. The third kappa shape index (κ3) is 3.69. The van der Waals surface area contributed by atoms with E-state index in [0.29, 0.717) is 25.9 Å². The molecule has 1 fully saturated rings. The molecule has 0 unspecified atom stereocenters. The number of carbonyl (C=O) groups excluding carboxylic acids is 1. The van der Waals surface area contributed by atoms with E-state index in [1.807, 2.05) is 6.92 Å². The van der Waals surface area contributed by atoms with Crippen LogP contribution in [0.4, 0.5) is 0 Å². The van der Waals surface area contributed by atoms with E-state index in [-0.39, 0.29) is 5.91 Å². The van der Waals surface area contributed by atoms with Crippen LogP contribution in [0.15, 0.2) is 0 Å². The molecule has 1 aliphatic rings. The minimum atomic E-state index is -1.09. The maximum atomic E-state index is 12.2. The highest BCUT2D eigenvalue weighted by molar-refractivity contribution is 6.04. The van der Waals surface area contributed by atoms with Crippen LogP contribution >= 0.6 is 0 Å². The Balaban J connectivity index is 2.46. The zero-order valence-corrected chi connectivity index (χ0v) is 12.3. The van der Waals surface area contributed by atoms with Crippen LogP contribution in [0.2, 0.25) is 0 Å². The lowest BCUT2D eigenvalue weighted by atomic mass is 10.1. The van der Waals surface area contributed by atoms with Crippen LogP contribution < -0.4 is 0 Å². The number of hydrogen-bond acceptors (Lipinski definition) is 3. The fraction of sp³-hybridized carbons (Fsp3) is 0.857. The summed E-state index contributed by atoms with van der Waals surface area (Å²) in [5.41, 5.74) is -1.09. The van der Waals surface area contributed by atoms with Crippen LogP contribution in [0.3, 0.4) is 0 Å². The predicted molar refractivity (Wildman–Crippen MR) is 74.0 cm³/mol. The average molecular weight is 270 g/mol. The van der Waals surface area contributed by atoms with Crippen molar-refractivity contribution in [3.8, 4) is 0 Å². The van der Waals surface area contributed by atoms with Gasteiger partial charge in [-0.05, 0) is 45.8 Å². The van der Waals surface area contributed by atoms with Crippen molar-refractivity contribution in [3.63, 3.8) is 0 Å². The van der Waals surface area contributed by atoms with E-state index in [0.717, 1.165) is 26.1 Å². The lowest BCUT2D eigenvalue weighted by molar-refractivity contribution is -0.153. The van der Waals surface area contributed by atoms with Crippen LogP contribution in [-0.4, -0.2) is 59.5 Å². The van der Waals surface area contributed by atoms with E-state index < -0.39 is 11.4 Å². The fourth-order valence-electron chi connectivity index (χ4n) is 2.38. The average Bonchev–Trinajstić information content (AvgIpc) is 3.20. The zero-order valence-electron chi connectivity index (χ0n) is 12.3. The van der Waals surface area contributed by atoms with Crippen LogP contribution in [0, 0.1) is 5.41 Å². The topological polar surface area (TPSA) is 60.9 Å². The van der Waals surface area contributed by atoms with Gasteiger partial charge in [-0.2, -0.15) is 0 Å². The molecule has 1 aliphatic carbocycles. The molecular weight excluding hydrogens is 244 g/mol. The molecule has 5 heteroatoms. The number of carboxylic acids is 1. The lowest BCUT2D eigenvalue weighted by Crippen LogP contribution is -2.42. The van der Waals surface area contributed by atoms with Gasteiger partial charge >= 0.3 is 5.97 Å². The first-order chi connectivity index (χ1) is 9.01. The largest absolute Gasteiger partial charge is 0.480 e. The summed E-state index contributed by atoms with van der Waals surface area (Å²) in [5.74, 6) is -1.15. The van der Waals surface area contributed by atoms with Gasteiger partial charge in [0.05, 0.1) is 0 Å². The van der Waals surface area contributed by atoms with Gasteiger partial charge in [-0.1, -0.05) is 13.8 Å². The Labute approximate surface area is 115 Å². The molecule has 0 spiro atoms. The Hall–Kier alpha value is -1.10. The molecule has 0 aromatic heterocycles. The van der Waals surface area contributed by atoms with Gasteiger partial charge < -0.3 is 14.9 Å². The molecule has 1 N–H and O–H groups in total. The Morgan fingerprint density at radius 1 is 1.05 bits per heavy atom. The first-order valence-electron chi connectivity index (χ1n) is 7.27. The second-order valence-corrected chi connectivity index (χ2v) is 5.15. The molecule has 0 radical (unpaired) electrons. The number of hydrogen-bond donors (Lipinski definition) is 1. The van der Waals surface area contributed by atoms with E-state index in [1.165, 1.54) is 0 Å². The molecule has 0 atom stereocenters. The summed E-state index contributed by atoms with van der Waals surface area (Å²) < 4.78 is 0. The molecule has 0 aromatic carbocycles. The van der Waals surface area contributed by atoms with E-state index in [4.69, 9.17) is 5.11 Å². The van der Waals surface area contributed by atoms with Crippen LogP contribution in [0.1, 0.15) is 40.0 Å². The quantitative estimate of drug-likeness (QED) is 0.644. The Kier molecular flexibility index (Phi) is 5.79. The van der Waals surface area contributed by atoms with Crippen molar-refractivity contribution in [2.45, 2.75) is 40.0 Å². The third-order valence-corrected chi connectivity index (χ3v) is 4.03. The maximum Gasteiger partial charge on any atom is 0.319 e.